The van der Waals surface area contributed by atoms with Crippen molar-refractivity contribution in [2.45, 2.75) is 33.4 Å². The van der Waals surface area contributed by atoms with E-state index < -0.39 is 0 Å². The van der Waals surface area contributed by atoms with Crippen LogP contribution in [0, 0.1) is 0 Å². The average molecular weight is 358 g/mol. The van der Waals surface area contributed by atoms with E-state index in [0.29, 0.717) is 30.3 Å². The summed E-state index contributed by atoms with van der Waals surface area (Å²) in [6, 6.07) is 9.88. The second kappa shape index (κ2) is 7.76. The Kier molecular flexibility index (Phi) is 5.45. The van der Waals surface area contributed by atoms with Gasteiger partial charge in [0.2, 0.25) is 0 Å². The number of amides is 1. The summed E-state index contributed by atoms with van der Waals surface area (Å²) in [7, 11) is 0. The standard InChI is InChI=1S/C18H22N4O2S/c1-4-24-12-11-21-14-7-5-6-8-16(14)25-18(21)20-17(23)15-9-10-19-22(15)13(2)3/h5-10,13H,4,11-12H2,1-3H3. The molecule has 0 saturated carbocycles. The third-order valence-electron chi connectivity index (χ3n) is 3.83. The van der Waals surface area contributed by atoms with E-state index in [0.717, 1.165) is 10.2 Å². The quantitative estimate of drug-likeness (QED) is 0.636. The number of rotatable bonds is 6. The van der Waals surface area contributed by atoms with Crippen molar-refractivity contribution in [2.75, 3.05) is 13.2 Å². The molecule has 0 aliphatic heterocycles. The van der Waals surface area contributed by atoms with Gasteiger partial charge in [-0.2, -0.15) is 10.1 Å². The van der Waals surface area contributed by atoms with Gasteiger partial charge >= 0.3 is 0 Å². The van der Waals surface area contributed by atoms with Gasteiger partial charge in [0.1, 0.15) is 5.69 Å². The van der Waals surface area contributed by atoms with Crippen LogP contribution in [0.5, 0.6) is 0 Å². The summed E-state index contributed by atoms with van der Waals surface area (Å²) in [4.78, 5) is 17.8. The molecule has 1 aromatic carbocycles. The SMILES string of the molecule is CCOCCn1c(=NC(=O)c2ccnn2C(C)C)sc2ccccc21. The first-order chi connectivity index (χ1) is 12.1. The van der Waals surface area contributed by atoms with Gasteiger partial charge in [0.15, 0.2) is 4.80 Å². The lowest BCUT2D eigenvalue weighted by atomic mass is 10.3. The first-order valence-electron chi connectivity index (χ1n) is 8.40. The van der Waals surface area contributed by atoms with Crippen molar-refractivity contribution in [3.63, 3.8) is 0 Å². The van der Waals surface area contributed by atoms with Gasteiger partial charge in [0.25, 0.3) is 5.91 Å². The summed E-state index contributed by atoms with van der Waals surface area (Å²) in [6.07, 6.45) is 1.64. The lowest BCUT2D eigenvalue weighted by molar-refractivity contribution is 0.0984. The summed E-state index contributed by atoms with van der Waals surface area (Å²) in [6.45, 7) is 7.87. The molecule has 1 amide bonds. The van der Waals surface area contributed by atoms with E-state index in [1.54, 1.807) is 16.9 Å². The van der Waals surface area contributed by atoms with E-state index in [-0.39, 0.29) is 11.9 Å². The molecule has 2 aromatic heterocycles. The Morgan fingerprint density at radius 2 is 2.12 bits per heavy atom. The third kappa shape index (κ3) is 3.72. The number of ether oxygens (including phenoxy) is 1. The number of thiazole rings is 1. The van der Waals surface area contributed by atoms with Gasteiger partial charge in [-0.15, -0.1) is 0 Å². The number of carbonyl (C=O) groups excluding carboxylic acids is 1. The van der Waals surface area contributed by atoms with Crippen LogP contribution in [0.2, 0.25) is 0 Å². The van der Waals surface area contributed by atoms with Crippen LogP contribution in [-0.2, 0) is 11.3 Å². The van der Waals surface area contributed by atoms with Crippen LogP contribution < -0.4 is 4.80 Å². The van der Waals surface area contributed by atoms with E-state index in [2.05, 4.69) is 10.1 Å². The molecule has 0 aliphatic carbocycles. The molecule has 0 aliphatic rings. The maximum Gasteiger partial charge on any atom is 0.297 e. The van der Waals surface area contributed by atoms with Crippen LogP contribution in [0.3, 0.4) is 0 Å². The number of carbonyl (C=O) groups is 1. The first-order valence-corrected chi connectivity index (χ1v) is 9.22. The summed E-state index contributed by atoms with van der Waals surface area (Å²) >= 11 is 1.51. The van der Waals surface area contributed by atoms with E-state index in [9.17, 15) is 4.79 Å². The van der Waals surface area contributed by atoms with Gasteiger partial charge in [-0.1, -0.05) is 23.5 Å². The highest BCUT2D eigenvalue weighted by molar-refractivity contribution is 7.16. The van der Waals surface area contributed by atoms with Gasteiger partial charge in [-0.05, 0) is 39.0 Å². The molecule has 7 heteroatoms. The summed E-state index contributed by atoms with van der Waals surface area (Å²) in [5, 5.41) is 4.22. The highest BCUT2D eigenvalue weighted by Crippen LogP contribution is 2.17. The van der Waals surface area contributed by atoms with Crippen molar-refractivity contribution in [1.29, 1.82) is 0 Å². The van der Waals surface area contributed by atoms with Crippen molar-refractivity contribution >= 4 is 27.5 Å². The van der Waals surface area contributed by atoms with Gasteiger partial charge in [0.05, 0.1) is 16.8 Å². The fourth-order valence-electron chi connectivity index (χ4n) is 2.66. The highest BCUT2D eigenvalue weighted by Gasteiger charge is 2.14. The van der Waals surface area contributed by atoms with Gasteiger partial charge in [-0.3, -0.25) is 9.48 Å². The lowest BCUT2D eigenvalue weighted by Gasteiger charge is -2.08. The van der Waals surface area contributed by atoms with Gasteiger partial charge in [-0.25, -0.2) is 0 Å². The normalized spacial score (nSPS) is 12.4. The molecule has 132 valence electrons. The van der Waals surface area contributed by atoms with Crippen molar-refractivity contribution in [3.8, 4) is 0 Å². The summed E-state index contributed by atoms with van der Waals surface area (Å²) in [5.74, 6) is -0.275. The molecule has 0 saturated heterocycles. The molecule has 0 bridgehead atoms. The predicted octanol–water partition coefficient (Wildman–Crippen LogP) is 3.26. The topological polar surface area (TPSA) is 61.4 Å². The number of hydrogen-bond donors (Lipinski definition) is 0. The Morgan fingerprint density at radius 3 is 2.88 bits per heavy atom. The molecule has 0 spiro atoms. The number of nitrogens with zero attached hydrogens (tertiary/aromatic N) is 4. The number of fused-ring (bicyclic) bond motifs is 1. The lowest BCUT2D eigenvalue weighted by Crippen LogP contribution is -2.21. The molecule has 3 rings (SSSR count). The fraction of sp³-hybridized carbons (Fsp3) is 0.389. The second-order valence-electron chi connectivity index (χ2n) is 5.87. The van der Waals surface area contributed by atoms with Crippen molar-refractivity contribution in [3.05, 3.63) is 47.0 Å². The Morgan fingerprint density at radius 1 is 1.32 bits per heavy atom. The highest BCUT2D eigenvalue weighted by atomic mass is 32.1. The maximum atomic E-state index is 12.7. The molecule has 6 nitrogen and oxygen atoms in total. The van der Waals surface area contributed by atoms with E-state index in [4.69, 9.17) is 4.74 Å². The second-order valence-corrected chi connectivity index (χ2v) is 6.88. The fourth-order valence-corrected chi connectivity index (χ4v) is 3.72. The Labute approximate surface area is 150 Å². The monoisotopic (exact) mass is 358 g/mol. The number of aromatic nitrogens is 3. The number of para-hydroxylation sites is 1. The zero-order valence-electron chi connectivity index (χ0n) is 14.7. The zero-order chi connectivity index (χ0) is 17.8. The molecule has 3 aromatic rings. The molecule has 0 atom stereocenters. The van der Waals surface area contributed by atoms with Crippen molar-refractivity contribution < 1.29 is 9.53 Å². The van der Waals surface area contributed by atoms with E-state index in [1.807, 2.05) is 49.6 Å². The molecular weight excluding hydrogens is 336 g/mol. The molecule has 0 unspecified atom stereocenters. The van der Waals surface area contributed by atoms with Crippen LogP contribution in [0.15, 0.2) is 41.5 Å². The first kappa shape index (κ1) is 17.6. The minimum atomic E-state index is -0.275. The van der Waals surface area contributed by atoms with E-state index >= 15 is 0 Å². The molecule has 25 heavy (non-hydrogen) atoms. The Bertz CT molecular complexity index is 936. The van der Waals surface area contributed by atoms with Crippen LogP contribution in [-0.4, -0.2) is 33.5 Å². The number of hydrogen-bond acceptors (Lipinski definition) is 4. The predicted molar refractivity (Wildman–Crippen MR) is 98.8 cm³/mol. The number of benzene rings is 1. The van der Waals surface area contributed by atoms with Crippen LogP contribution in [0.1, 0.15) is 37.3 Å². The van der Waals surface area contributed by atoms with Crippen LogP contribution in [0.25, 0.3) is 10.2 Å². The largest absolute Gasteiger partial charge is 0.380 e. The zero-order valence-corrected chi connectivity index (χ0v) is 15.5. The Hall–Kier alpha value is -2.25. The average Bonchev–Trinajstić information content (AvgIpc) is 3.20. The maximum absolute atomic E-state index is 12.7. The van der Waals surface area contributed by atoms with Crippen molar-refractivity contribution in [2.24, 2.45) is 4.99 Å². The van der Waals surface area contributed by atoms with Gasteiger partial charge in [0, 0.05) is 25.4 Å². The summed E-state index contributed by atoms with van der Waals surface area (Å²) in [5.41, 5.74) is 1.57. The minimum absolute atomic E-state index is 0.108. The molecule has 0 fully saturated rings. The van der Waals surface area contributed by atoms with Gasteiger partial charge < -0.3 is 9.30 Å². The van der Waals surface area contributed by atoms with Crippen LogP contribution >= 0.6 is 11.3 Å². The molecular formula is C18H22N4O2S. The molecule has 2 heterocycles. The van der Waals surface area contributed by atoms with E-state index in [1.165, 1.54) is 11.3 Å². The van der Waals surface area contributed by atoms with Crippen LogP contribution in [0.4, 0.5) is 0 Å². The third-order valence-corrected chi connectivity index (χ3v) is 4.89. The van der Waals surface area contributed by atoms with Crippen molar-refractivity contribution in [1.82, 2.24) is 14.3 Å². The smallest absolute Gasteiger partial charge is 0.297 e. The minimum Gasteiger partial charge on any atom is -0.380 e. The molecule has 0 N–H and O–H groups in total. The Balaban J connectivity index is 2.04. The summed E-state index contributed by atoms with van der Waals surface area (Å²) < 4.78 is 10.3. The molecule has 0 radical (unpaired) electrons.